The minimum atomic E-state index is -0.195. The maximum Gasteiger partial charge on any atom is 0.275 e. The standard InChI is InChI=1S/C14H15N7OS/c1-20-8-9(6-16-20)12-17-14(23-19-12)18-13(22)10-7-15-11-4-2-3-5-21(10)11/h6-8H,2-5H2,1H3,(H,17,18,19,22). The third-order valence-electron chi connectivity index (χ3n) is 3.81. The largest absolute Gasteiger partial charge is 0.324 e. The molecule has 1 aliphatic rings. The van der Waals surface area contributed by atoms with Gasteiger partial charge in [0.1, 0.15) is 11.5 Å². The molecule has 0 spiro atoms. The maximum absolute atomic E-state index is 12.4. The summed E-state index contributed by atoms with van der Waals surface area (Å²) in [7, 11) is 1.83. The first-order chi connectivity index (χ1) is 11.2. The third kappa shape index (κ3) is 2.63. The predicted molar refractivity (Wildman–Crippen MR) is 85.2 cm³/mol. The SMILES string of the molecule is Cn1cc(-c2nsc(NC(=O)c3cnc4n3CCCC4)n2)cn1. The molecule has 4 rings (SSSR count). The van der Waals surface area contributed by atoms with Crippen molar-refractivity contribution < 1.29 is 4.79 Å². The van der Waals surface area contributed by atoms with Crippen LogP contribution in [0.1, 0.15) is 29.2 Å². The van der Waals surface area contributed by atoms with E-state index in [1.54, 1.807) is 17.1 Å². The van der Waals surface area contributed by atoms with E-state index in [1.807, 2.05) is 17.8 Å². The van der Waals surface area contributed by atoms with E-state index in [-0.39, 0.29) is 5.91 Å². The van der Waals surface area contributed by atoms with Gasteiger partial charge in [-0.3, -0.25) is 14.8 Å². The Bertz CT molecular complexity index is 862. The number of aryl methyl sites for hydroxylation is 2. The topological polar surface area (TPSA) is 90.5 Å². The lowest BCUT2D eigenvalue weighted by Gasteiger charge is -2.15. The molecule has 0 aromatic carbocycles. The molecule has 3 aromatic heterocycles. The van der Waals surface area contributed by atoms with E-state index in [9.17, 15) is 4.79 Å². The van der Waals surface area contributed by atoms with Gasteiger partial charge in [0, 0.05) is 37.7 Å². The van der Waals surface area contributed by atoms with Crippen molar-refractivity contribution in [2.24, 2.45) is 7.05 Å². The molecule has 8 nitrogen and oxygen atoms in total. The molecule has 0 aliphatic carbocycles. The van der Waals surface area contributed by atoms with Crippen LogP contribution in [0.3, 0.4) is 0 Å². The summed E-state index contributed by atoms with van der Waals surface area (Å²) in [6, 6.07) is 0. The average Bonchev–Trinajstić information content (AvgIpc) is 3.25. The Labute approximate surface area is 136 Å². The summed E-state index contributed by atoms with van der Waals surface area (Å²) >= 11 is 1.16. The highest BCUT2D eigenvalue weighted by molar-refractivity contribution is 7.10. The van der Waals surface area contributed by atoms with Gasteiger partial charge in [0.15, 0.2) is 5.82 Å². The maximum atomic E-state index is 12.4. The first-order valence-electron chi connectivity index (χ1n) is 7.39. The van der Waals surface area contributed by atoms with Crippen molar-refractivity contribution in [3.05, 3.63) is 30.1 Å². The van der Waals surface area contributed by atoms with Gasteiger partial charge < -0.3 is 4.57 Å². The van der Waals surface area contributed by atoms with Crippen LogP contribution in [0.4, 0.5) is 5.13 Å². The summed E-state index contributed by atoms with van der Waals surface area (Å²) in [6.07, 6.45) is 8.30. The van der Waals surface area contributed by atoms with Crippen LogP contribution in [0.15, 0.2) is 18.6 Å². The van der Waals surface area contributed by atoms with E-state index in [1.165, 1.54) is 0 Å². The van der Waals surface area contributed by atoms with E-state index in [0.29, 0.717) is 16.6 Å². The van der Waals surface area contributed by atoms with Crippen molar-refractivity contribution in [1.29, 1.82) is 0 Å². The summed E-state index contributed by atoms with van der Waals surface area (Å²) in [5, 5.41) is 7.38. The fourth-order valence-electron chi connectivity index (χ4n) is 2.69. The van der Waals surface area contributed by atoms with Crippen LogP contribution in [-0.4, -0.2) is 34.6 Å². The van der Waals surface area contributed by atoms with Crippen LogP contribution < -0.4 is 5.32 Å². The molecule has 3 aromatic rings. The van der Waals surface area contributed by atoms with E-state index in [4.69, 9.17) is 0 Å². The number of carbonyl (C=O) groups excluding carboxylic acids is 1. The van der Waals surface area contributed by atoms with Gasteiger partial charge in [0.2, 0.25) is 5.13 Å². The number of carbonyl (C=O) groups is 1. The predicted octanol–water partition coefficient (Wildman–Crippen LogP) is 1.72. The summed E-state index contributed by atoms with van der Waals surface area (Å²) in [5.41, 5.74) is 1.41. The monoisotopic (exact) mass is 329 g/mol. The normalized spacial score (nSPS) is 13.8. The van der Waals surface area contributed by atoms with Crippen molar-refractivity contribution >= 4 is 22.6 Å². The first kappa shape index (κ1) is 14.1. The van der Waals surface area contributed by atoms with Crippen LogP contribution in [0.25, 0.3) is 11.4 Å². The minimum Gasteiger partial charge on any atom is -0.324 e. The average molecular weight is 329 g/mol. The zero-order valence-electron chi connectivity index (χ0n) is 12.6. The van der Waals surface area contributed by atoms with Crippen LogP contribution in [-0.2, 0) is 20.0 Å². The summed E-state index contributed by atoms with van der Waals surface area (Å²) in [6.45, 7) is 0.842. The molecule has 118 valence electrons. The molecule has 0 saturated carbocycles. The number of imidazole rings is 1. The second-order valence-corrected chi connectivity index (χ2v) is 6.20. The van der Waals surface area contributed by atoms with Crippen LogP contribution in [0.2, 0.25) is 0 Å². The Balaban J connectivity index is 1.53. The summed E-state index contributed by atoms with van der Waals surface area (Å²) in [4.78, 5) is 21.1. The van der Waals surface area contributed by atoms with Gasteiger partial charge in [-0.15, -0.1) is 0 Å². The van der Waals surface area contributed by atoms with Gasteiger partial charge in [-0.25, -0.2) is 4.98 Å². The molecule has 9 heteroatoms. The van der Waals surface area contributed by atoms with Gasteiger partial charge in [-0.05, 0) is 12.8 Å². The molecule has 0 saturated heterocycles. The van der Waals surface area contributed by atoms with Crippen LogP contribution >= 0.6 is 11.5 Å². The number of nitrogens with zero attached hydrogens (tertiary/aromatic N) is 6. The minimum absolute atomic E-state index is 0.195. The van der Waals surface area contributed by atoms with Crippen molar-refractivity contribution in [3.63, 3.8) is 0 Å². The van der Waals surface area contributed by atoms with Gasteiger partial charge in [0.25, 0.3) is 5.91 Å². The Morgan fingerprint density at radius 2 is 2.26 bits per heavy atom. The quantitative estimate of drug-likeness (QED) is 0.790. The fraction of sp³-hybridized carbons (Fsp3) is 0.357. The number of rotatable bonds is 3. The molecule has 1 amide bonds. The number of amides is 1. The molecule has 1 aliphatic heterocycles. The number of anilines is 1. The fourth-order valence-corrected chi connectivity index (χ4v) is 3.27. The lowest BCUT2D eigenvalue weighted by atomic mass is 10.1. The second kappa shape index (κ2) is 5.58. The number of hydrogen-bond donors (Lipinski definition) is 1. The summed E-state index contributed by atoms with van der Waals surface area (Å²) in [5.74, 6) is 1.35. The van der Waals surface area contributed by atoms with E-state index >= 15 is 0 Å². The Morgan fingerprint density at radius 1 is 1.35 bits per heavy atom. The van der Waals surface area contributed by atoms with E-state index in [0.717, 1.165) is 48.7 Å². The Kier molecular flexibility index (Phi) is 3.41. The lowest BCUT2D eigenvalue weighted by molar-refractivity contribution is 0.101. The third-order valence-corrected chi connectivity index (χ3v) is 4.44. The molecule has 0 radical (unpaired) electrons. The summed E-state index contributed by atoms with van der Waals surface area (Å²) < 4.78 is 7.94. The smallest absolute Gasteiger partial charge is 0.275 e. The number of fused-ring (bicyclic) bond motifs is 1. The van der Waals surface area contributed by atoms with Gasteiger partial charge in [-0.1, -0.05) is 0 Å². The van der Waals surface area contributed by atoms with Crippen LogP contribution in [0.5, 0.6) is 0 Å². The molecule has 0 atom stereocenters. The Hall–Kier alpha value is -2.55. The van der Waals surface area contributed by atoms with Crippen molar-refractivity contribution in [2.75, 3.05) is 5.32 Å². The number of aromatic nitrogens is 6. The molecule has 1 N–H and O–H groups in total. The van der Waals surface area contributed by atoms with E-state index < -0.39 is 0 Å². The Morgan fingerprint density at radius 3 is 3.09 bits per heavy atom. The number of hydrogen-bond acceptors (Lipinski definition) is 6. The van der Waals surface area contributed by atoms with Gasteiger partial charge >= 0.3 is 0 Å². The van der Waals surface area contributed by atoms with Crippen molar-refractivity contribution in [2.45, 2.75) is 25.8 Å². The van der Waals surface area contributed by atoms with Crippen LogP contribution in [0, 0.1) is 0 Å². The molecule has 0 fully saturated rings. The first-order valence-corrected chi connectivity index (χ1v) is 8.16. The van der Waals surface area contributed by atoms with Gasteiger partial charge in [-0.2, -0.15) is 14.5 Å². The van der Waals surface area contributed by atoms with Gasteiger partial charge in [0.05, 0.1) is 18.0 Å². The molecule has 0 unspecified atom stereocenters. The highest BCUT2D eigenvalue weighted by Crippen LogP contribution is 2.22. The van der Waals surface area contributed by atoms with E-state index in [2.05, 4.69) is 24.8 Å². The molecular weight excluding hydrogens is 314 g/mol. The zero-order valence-corrected chi connectivity index (χ0v) is 13.4. The molecular formula is C14H15N7OS. The molecule has 0 bridgehead atoms. The highest BCUT2D eigenvalue weighted by Gasteiger charge is 2.20. The zero-order chi connectivity index (χ0) is 15.8. The van der Waals surface area contributed by atoms with Crippen molar-refractivity contribution in [1.82, 2.24) is 28.7 Å². The van der Waals surface area contributed by atoms with Crippen molar-refractivity contribution in [3.8, 4) is 11.4 Å². The molecule has 4 heterocycles. The number of nitrogens with one attached hydrogen (secondary N) is 1. The molecule has 23 heavy (non-hydrogen) atoms. The second-order valence-electron chi connectivity index (χ2n) is 5.45. The lowest BCUT2D eigenvalue weighted by Crippen LogP contribution is -2.20. The highest BCUT2D eigenvalue weighted by atomic mass is 32.1.